The summed E-state index contributed by atoms with van der Waals surface area (Å²) in [5.74, 6) is -0.00121. The minimum Gasteiger partial charge on any atom is -0.397 e. The first-order valence-electron chi connectivity index (χ1n) is 5.38. The van der Waals surface area contributed by atoms with E-state index in [9.17, 15) is 4.79 Å². The predicted octanol–water partition coefficient (Wildman–Crippen LogP) is 0.693. The highest BCUT2D eigenvalue weighted by Crippen LogP contribution is 2.24. The van der Waals surface area contributed by atoms with Crippen LogP contribution in [0.25, 0.3) is 10.9 Å². The molecule has 2 aromatic rings. The van der Waals surface area contributed by atoms with Crippen molar-refractivity contribution in [1.82, 2.24) is 15.5 Å². The monoisotopic (exact) mass is 233 g/mol. The maximum absolute atomic E-state index is 11.1. The summed E-state index contributed by atoms with van der Waals surface area (Å²) in [6, 6.07) is 3.74. The molecule has 0 saturated heterocycles. The number of nitrogen functional groups attached to an aromatic ring is 1. The Morgan fingerprint density at radius 2 is 2.35 bits per heavy atom. The maximum Gasteiger partial charge on any atom is 0.221 e. The van der Waals surface area contributed by atoms with Crippen LogP contribution >= 0.6 is 0 Å². The molecule has 0 spiro atoms. The van der Waals surface area contributed by atoms with Gasteiger partial charge < -0.3 is 16.4 Å². The van der Waals surface area contributed by atoms with Crippen molar-refractivity contribution >= 4 is 28.2 Å². The summed E-state index contributed by atoms with van der Waals surface area (Å²) < 4.78 is 0. The van der Waals surface area contributed by atoms with E-state index in [0.717, 1.165) is 16.6 Å². The summed E-state index contributed by atoms with van der Waals surface area (Å²) in [5.41, 5.74) is 8.27. The second kappa shape index (κ2) is 4.73. The third-order valence-corrected chi connectivity index (χ3v) is 2.56. The Labute approximate surface area is 98.6 Å². The number of carbonyl (C=O) groups excluding carboxylic acids is 1. The van der Waals surface area contributed by atoms with Gasteiger partial charge in [-0.15, -0.1) is 0 Å². The van der Waals surface area contributed by atoms with Crippen LogP contribution in [-0.2, 0) is 4.79 Å². The van der Waals surface area contributed by atoms with E-state index in [4.69, 9.17) is 5.73 Å². The van der Waals surface area contributed by atoms with Crippen molar-refractivity contribution < 1.29 is 4.79 Å². The number of nitrogens with zero attached hydrogens (tertiary/aromatic N) is 1. The summed E-state index contributed by atoms with van der Waals surface area (Å²) in [5, 5.41) is 13.5. The van der Waals surface area contributed by atoms with Crippen molar-refractivity contribution in [2.45, 2.75) is 6.42 Å². The van der Waals surface area contributed by atoms with Crippen LogP contribution in [0.5, 0.6) is 0 Å². The smallest absolute Gasteiger partial charge is 0.221 e. The average Bonchev–Trinajstić information content (AvgIpc) is 2.76. The fraction of sp³-hybridized carbons (Fsp3) is 0.273. The molecule has 17 heavy (non-hydrogen) atoms. The van der Waals surface area contributed by atoms with Gasteiger partial charge in [0.15, 0.2) is 0 Å². The molecule has 0 atom stereocenters. The number of rotatable bonds is 4. The van der Waals surface area contributed by atoms with E-state index in [1.807, 2.05) is 12.1 Å². The molecule has 6 heteroatoms. The molecule has 2 rings (SSSR count). The Hall–Kier alpha value is -2.24. The van der Waals surface area contributed by atoms with E-state index in [2.05, 4.69) is 20.8 Å². The normalized spacial score (nSPS) is 10.4. The van der Waals surface area contributed by atoms with Crippen LogP contribution in [0.15, 0.2) is 18.3 Å². The number of hydrogen-bond acceptors (Lipinski definition) is 4. The third kappa shape index (κ3) is 2.47. The van der Waals surface area contributed by atoms with Gasteiger partial charge in [0.1, 0.15) is 0 Å². The molecule has 5 N–H and O–H groups in total. The van der Waals surface area contributed by atoms with Gasteiger partial charge in [-0.1, -0.05) is 0 Å². The lowest BCUT2D eigenvalue weighted by molar-refractivity contribution is -0.120. The van der Waals surface area contributed by atoms with E-state index < -0.39 is 0 Å². The number of hydrogen-bond donors (Lipinski definition) is 4. The fourth-order valence-electron chi connectivity index (χ4n) is 1.60. The van der Waals surface area contributed by atoms with E-state index in [0.29, 0.717) is 18.7 Å². The lowest BCUT2D eigenvalue weighted by Crippen LogP contribution is -2.21. The molecule has 90 valence electrons. The van der Waals surface area contributed by atoms with E-state index in [-0.39, 0.29) is 5.91 Å². The SMILES string of the molecule is CNC(=O)CCNc1cc2[nH]ncc2cc1N. The standard InChI is InChI=1S/C11H15N5O/c1-13-11(17)2-3-14-10-5-9-7(4-8(10)12)6-15-16-9/h4-6,14H,2-3,12H2,1H3,(H,13,17)(H,15,16). The van der Waals surface area contributed by atoms with Crippen LogP contribution in [0.3, 0.4) is 0 Å². The first-order chi connectivity index (χ1) is 8.20. The predicted molar refractivity (Wildman–Crippen MR) is 67.7 cm³/mol. The molecular formula is C11H15N5O. The molecule has 0 radical (unpaired) electrons. The summed E-state index contributed by atoms with van der Waals surface area (Å²) in [6.45, 7) is 0.545. The highest BCUT2D eigenvalue weighted by Gasteiger charge is 2.04. The van der Waals surface area contributed by atoms with Gasteiger partial charge in [-0.2, -0.15) is 5.10 Å². The zero-order chi connectivity index (χ0) is 12.3. The van der Waals surface area contributed by atoms with Gasteiger partial charge >= 0.3 is 0 Å². The number of aromatic nitrogens is 2. The molecule has 0 aliphatic heterocycles. The molecule has 0 bridgehead atoms. The molecule has 1 aromatic carbocycles. The van der Waals surface area contributed by atoms with Crippen molar-refractivity contribution in [2.24, 2.45) is 0 Å². The van der Waals surface area contributed by atoms with Crippen molar-refractivity contribution in [3.63, 3.8) is 0 Å². The highest BCUT2D eigenvalue weighted by molar-refractivity contribution is 5.88. The molecule has 0 unspecified atom stereocenters. The number of aromatic amines is 1. The number of carbonyl (C=O) groups is 1. The topological polar surface area (TPSA) is 95.8 Å². The van der Waals surface area contributed by atoms with Crippen molar-refractivity contribution in [1.29, 1.82) is 0 Å². The maximum atomic E-state index is 11.1. The summed E-state index contributed by atoms with van der Waals surface area (Å²) in [4.78, 5) is 11.1. The van der Waals surface area contributed by atoms with Gasteiger partial charge in [0.05, 0.1) is 23.1 Å². The number of anilines is 2. The zero-order valence-corrected chi connectivity index (χ0v) is 9.58. The van der Waals surface area contributed by atoms with Gasteiger partial charge in [-0.3, -0.25) is 9.89 Å². The zero-order valence-electron chi connectivity index (χ0n) is 9.58. The van der Waals surface area contributed by atoms with Crippen molar-refractivity contribution in [3.05, 3.63) is 18.3 Å². The van der Waals surface area contributed by atoms with Crippen LogP contribution in [-0.4, -0.2) is 29.7 Å². The number of nitrogens with one attached hydrogen (secondary N) is 3. The molecule has 1 heterocycles. The van der Waals surface area contributed by atoms with Gasteiger partial charge in [-0.25, -0.2) is 0 Å². The summed E-state index contributed by atoms with van der Waals surface area (Å²) in [6.07, 6.45) is 2.14. The molecule has 0 aliphatic rings. The number of benzene rings is 1. The van der Waals surface area contributed by atoms with Gasteiger partial charge in [0.25, 0.3) is 0 Å². The molecular weight excluding hydrogens is 218 g/mol. The molecule has 1 amide bonds. The average molecular weight is 233 g/mol. The van der Waals surface area contributed by atoms with Gasteiger partial charge in [-0.05, 0) is 12.1 Å². The summed E-state index contributed by atoms with van der Waals surface area (Å²) in [7, 11) is 1.62. The Morgan fingerprint density at radius 1 is 1.53 bits per heavy atom. The van der Waals surface area contributed by atoms with Crippen molar-refractivity contribution in [2.75, 3.05) is 24.6 Å². The fourth-order valence-corrected chi connectivity index (χ4v) is 1.60. The van der Waals surface area contributed by atoms with Crippen LogP contribution in [0.2, 0.25) is 0 Å². The third-order valence-electron chi connectivity index (χ3n) is 2.56. The Morgan fingerprint density at radius 3 is 3.12 bits per heavy atom. The van der Waals surface area contributed by atoms with Gasteiger partial charge in [0, 0.05) is 25.4 Å². The minimum absolute atomic E-state index is 0.00121. The Balaban J connectivity index is 2.07. The number of nitrogens with two attached hydrogens (primary N) is 1. The second-order valence-corrected chi connectivity index (χ2v) is 3.75. The van der Waals surface area contributed by atoms with Crippen molar-refractivity contribution in [3.8, 4) is 0 Å². The second-order valence-electron chi connectivity index (χ2n) is 3.75. The number of H-pyrrole nitrogens is 1. The van der Waals surface area contributed by atoms with Crippen LogP contribution in [0.4, 0.5) is 11.4 Å². The number of fused-ring (bicyclic) bond motifs is 1. The van der Waals surface area contributed by atoms with E-state index in [1.54, 1.807) is 13.2 Å². The summed E-state index contributed by atoms with van der Waals surface area (Å²) >= 11 is 0. The van der Waals surface area contributed by atoms with E-state index >= 15 is 0 Å². The van der Waals surface area contributed by atoms with Crippen LogP contribution in [0, 0.1) is 0 Å². The van der Waals surface area contributed by atoms with Crippen LogP contribution < -0.4 is 16.4 Å². The molecule has 0 aliphatic carbocycles. The molecule has 6 nitrogen and oxygen atoms in total. The number of amides is 1. The quantitative estimate of drug-likeness (QED) is 0.584. The molecule has 0 fully saturated rings. The van der Waals surface area contributed by atoms with Gasteiger partial charge in [0.2, 0.25) is 5.91 Å². The minimum atomic E-state index is -0.00121. The molecule has 1 aromatic heterocycles. The highest BCUT2D eigenvalue weighted by atomic mass is 16.1. The van der Waals surface area contributed by atoms with E-state index in [1.165, 1.54) is 0 Å². The largest absolute Gasteiger partial charge is 0.397 e. The lowest BCUT2D eigenvalue weighted by atomic mass is 10.2. The Kier molecular flexibility index (Phi) is 3.13. The first-order valence-corrected chi connectivity index (χ1v) is 5.38. The first kappa shape index (κ1) is 11.3. The van der Waals surface area contributed by atoms with Crippen LogP contribution in [0.1, 0.15) is 6.42 Å². The molecule has 0 saturated carbocycles. The lowest BCUT2D eigenvalue weighted by Gasteiger charge is -2.08. The Bertz CT molecular complexity index is 534.